The van der Waals surface area contributed by atoms with Gasteiger partial charge in [0.1, 0.15) is 11.9 Å². The van der Waals surface area contributed by atoms with E-state index in [1.807, 2.05) is 0 Å². The van der Waals surface area contributed by atoms with Crippen LogP contribution in [0.3, 0.4) is 0 Å². The van der Waals surface area contributed by atoms with Gasteiger partial charge in [-0.3, -0.25) is 0 Å². The molecule has 2 aliphatic rings. The van der Waals surface area contributed by atoms with E-state index in [9.17, 15) is 0 Å². The normalized spacial score (nSPS) is 24.1. The van der Waals surface area contributed by atoms with Crippen molar-refractivity contribution in [3.8, 4) is 5.75 Å². The zero-order valence-corrected chi connectivity index (χ0v) is 12.9. The van der Waals surface area contributed by atoms with Crippen LogP contribution < -0.4 is 15.4 Å². The molecule has 2 aliphatic heterocycles. The Balaban J connectivity index is 1.67. The molecule has 2 N–H and O–H groups in total. The summed E-state index contributed by atoms with van der Waals surface area (Å²) in [5.74, 6) is 0.976. The fourth-order valence-electron chi connectivity index (χ4n) is 3.27. The number of nitrogens with zero attached hydrogens (tertiary/aromatic N) is 1. The Bertz CT molecular complexity index is 472. The van der Waals surface area contributed by atoms with Gasteiger partial charge in [0.05, 0.1) is 13.2 Å². The third-order valence-electron chi connectivity index (χ3n) is 4.44. The molecule has 1 unspecified atom stereocenters. The highest BCUT2D eigenvalue weighted by Crippen LogP contribution is 2.28. The van der Waals surface area contributed by atoms with Crippen LogP contribution >= 0.6 is 0 Å². The van der Waals surface area contributed by atoms with Crippen LogP contribution in [0.5, 0.6) is 5.75 Å². The lowest BCUT2D eigenvalue weighted by Gasteiger charge is -2.34. The number of benzene rings is 1. The second-order valence-corrected chi connectivity index (χ2v) is 6.23. The minimum Gasteiger partial charge on any atom is -0.490 e. The molecule has 116 valence electrons. The first-order valence-corrected chi connectivity index (χ1v) is 8.08. The van der Waals surface area contributed by atoms with Crippen molar-refractivity contribution >= 4 is 5.69 Å². The molecular formula is C17H26N2O2. The standard InChI is InChI=1S/C17H26N2O2/c1-13-11-16(21-15-6-9-20-10-7-15)4-5-17(13)19-8-2-3-14(18)12-19/h4-5,11,14-15H,2-3,6-10,12,18H2,1H3. The number of nitrogens with two attached hydrogens (primary N) is 1. The summed E-state index contributed by atoms with van der Waals surface area (Å²) >= 11 is 0. The van der Waals surface area contributed by atoms with Crippen LogP contribution in [0, 0.1) is 6.92 Å². The average molecular weight is 290 g/mol. The van der Waals surface area contributed by atoms with Gasteiger partial charge in [-0.25, -0.2) is 0 Å². The highest BCUT2D eigenvalue weighted by molar-refractivity contribution is 5.56. The molecular weight excluding hydrogens is 264 g/mol. The first kappa shape index (κ1) is 14.7. The molecule has 0 bridgehead atoms. The van der Waals surface area contributed by atoms with Crippen molar-refractivity contribution < 1.29 is 9.47 Å². The van der Waals surface area contributed by atoms with Crippen molar-refractivity contribution in [2.45, 2.75) is 44.8 Å². The molecule has 4 heteroatoms. The summed E-state index contributed by atoms with van der Waals surface area (Å²) < 4.78 is 11.4. The van der Waals surface area contributed by atoms with Crippen LogP contribution in [-0.4, -0.2) is 38.4 Å². The van der Waals surface area contributed by atoms with Gasteiger partial charge in [-0.2, -0.15) is 0 Å². The van der Waals surface area contributed by atoms with Gasteiger partial charge in [0.25, 0.3) is 0 Å². The highest BCUT2D eigenvalue weighted by Gasteiger charge is 2.19. The average Bonchev–Trinajstić information content (AvgIpc) is 2.48. The van der Waals surface area contributed by atoms with Gasteiger partial charge in [-0.05, 0) is 43.5 Å². The summed E-state index contributed by atoms with van der Waals surface area (Å²) in [7, 11) is 0. The third-order valence-corrected chi connectivity index (χ3v) is 4.44. The van der Waals surface area contributed by atoms with Gasteiger partial charge in [0, 0.05) is 37.7 Å². The molecule has 0 amide bonds. The number of anilines is 1. The zero-order chi connectivity index (χ0) is 14.7. The van der Waals surface area contributed by atoms with E-state index in [1.54, 1.807) is 0 Å². The Morgan fingerprint density at radius 2 is 2.05 bits per heavy atom. The summed E-state index contributed by atoms with van der Waals surface area (Å²) in [4.78, 5) is 2.40. The second-order valence-electron chi connectivity index (χ2n) is 6.23. The molecule has 4 nitrogen and oxygen atoms in total. The van der Waals surface area contributed by atoms with E-state index in [4.69, 9.17) is 15.2 Å². The lowest BCUT2D eigenvalue weighted by Crippen LogP contribution is -2.43. The maximum atomic E-state index is 6.09. The highest BCUT2D eigenvalue weighted by atomic mass is 16.5. The second kappa shape index (κ2) is 6.67. The van der Waals surface area contributed by atoms with E-state index in [1.165, 1.54) is 17.7 Å². The van der Waals surface area contributed by atoms with Crippen molar-refractivity contribution in [2.24, 2.45) is 5.73 Å². The number of ether oxygens (including phenoxy) is 2. The summed E-state index contributed by atoms with van der Waals surface area (Å²) in [5.41, 5.74) is 8.66. The molecule has 2 heterocycles. The third kappa shape index (κ3) is 3.69. The van der Waals surface area contributed by atoms with Crippen LogP contribution in [0.25, 0.3) is 0 Å². The quantitative estimate of drug-likeness (QED) is 0.929. The van der Waals surface area contributed by atoms with E-state index in [-0.39, 0.29) is 0 Å². The van der Waals surface area contributed by atoms with E-state index in [0.29, 0.717) is 12.1 Å². The topological polar surface area (TPSA) is 47.7 Å². The van der Waals surface area contributed by atoms with Gasteiger partial charge >= 0.3 is 0 Å². The number of rotatable bonds is 3. The van der Waals surface area contributed by atoms with Gasteiger partial charge < -0.3 is 20.1 Å². The predicted octanol–water partition coefficient (Wildman–Crippen LogP) is 2.48. The van der Waals surface area contributed by atoms with Crippen molar-refractivity contribution in [3.05, 3.63) is 23.8 Å². The number of hydrogen-bond donors (Lipinski definition) is 1. The van der Waals surface area contributed by atoms with Gasteiger partial charge in [-0.15, -0.1) is 0 Å². The Kier molecular flexibility index (Phi) is 4.66. The van der Waals surface area contributed by atoms with E-state index < -0.39 is 0 Å². The van der Waals surface area contributed by atoms with Crippen LogP contribution in [-0.2, 0) is 4.74 Å². The van der Waals surface area contributed by atoms with Crippen LogP contribution in [0.1, 0.15) is 31.2 Å². The summed E-state index contributed by atoms with van der Waals surface area (Å²) in [5, 5.41) is 0. The van der Waals surface area contributed by atoms with Gasteiger partial charge in [0.15, 0.2) is 0 Å². The van der Waals surface area contributed by atoms with Crippen molar-refractivity contribution in [2.75, 3.05) is 31.2 Å². The predicted molar refractivity (Wildman–Crippen MR) is 85.1 cm³/mol. The number of aryl methyl sites for hydroxylation is 1. The molecule has 1 aromatic rings. The Morgan fingerprint density at radius 1 is 1.24 bits per heavy atom. The first-order chi connectivity index (χ1) is 10.2. The van der Waals surface area contributed by atoms with Gasteiger partial charge in [0.2, 0.25) is 0 Å². The molecule has 0 aromatic heterocycles. The molecule has 1 atom stereocenters. The van der Waals surface area contributed by atoms with E-state index >= 15 is 0 Å². The minimum absolute atomic E-state index is 0.299. The maximum absolute atomic E-state index is 6.09. The fraction of sp³-hybridized carbons (Fsp3) is 0.647. The van der Waals surface area contributed by atoms with E-state index in [0.717, 1.165) is 51.3 Å². The van der Waals surface area contributed by atoms with Crippen LogP contribution in [0.2, 0.25) is 0 Å². The lowest BCUT2D eigenvalue weighted by atomic mass is 10.0. The molecule has 0 radical (unpaired) electrons. The summed E-state index contributed by atoms with van der Waals surface area (Å²) in [6, 6.07) is 6.74. The first-order valence-electron chi connectivity index (χ1n) is 8.08. The van der Waals surface area contributed by atoms with Crippen molar-refractivity contribution in [3.63, 3.8) is 0 Å². The Hall–Kier alpha value is -1.26. The molecule has 2 saturated heterocycles. The Labute approximate surface area is 127 Å². The van der Waals surface area contributed by atoms with Crippen LogP contribution in [0.15, 0.2) is 18.2 Å². The lowest BCUT2D eigenvalue weighted by molar-refractivity contribution is 0.0255. The van der Waals surface area contributed by atoms with Gasteiger partial charge in [-0.1, -0.05) is 0 Å². The maximum Gasteiger partial charge on any atom is 0.120 e. The molecule has 0 saturated carbocycles. The smallest absolute Gasteiger partial charge is 0.120 e. The Morgan fingerprint density at radius 3 is 2.76 bits per heavy atom. The molecule has 2 fully saturated rings. The summed E-state index contributed by atoms with van der Waals surface area (Å²) in [6.45, 7) is 5.85. The van der Waals surface area contributed by atoms with Crippen molar-refractivity contribution in [1.29, 1.82) is 0 Å². The fourth-order valence-corrected chi connectivity index (χ4v) is 3.27. The largest absolute Gasteiger partial charge is 0.490 e. The molecule has 21 heavy (non-hydrogen) atoms. The van der Waals surface area contributed by atoms with Crippen molar-refractivity contribution in [1.82, 2.24) is 0 Å². The van der Waals surface area contributed by atoms with Crippen LogP contribution in [0.4, 0.5) is 5.69 Å². The molecule has 0 spiro atoms. The molecule has 1 aromatic carbocycles. The molecule has 0 aliphatic carbocycles. The monoisotopic (exact) mass is 290 g/mol. The number of hydrogen-bond acceptors (Lipinski definition) is 4. The minimum atomic E-state index is 0.299. The molecule has 3 rings (SSSR count). The zero-order valence-electron chi connectivity index (χ0n) is 12.9. The van der Waals surface area contributed by atoms with E-state index in [2.05, 4.69) is 30.0 Å². The summed E-state index contributed by atoms with van der Waals surface area (Å²) in [6.07, 6.45) is 4.60. The number of piperidine rings is 1. The SMILES string of the molecule is Cc1cc(OC2CCOCC2)ccc1N1CCCC(N)C1.